The van der Waals surface area contributed by atoms with Crippen LogP contribution >= 0.6 is 0 Å². The van der Waals surface area contributed by atoms with Crippen molar-refractivity contribution in [3.05, 3.63) is 47.8 Å². The number of ether oxygens (including phenoxy) is 1. The zero-order chi connectivity index (χ0) is 25.8. The summed E-state index contributed by atoms with van der Waals surface area (Å²) < 4.78 is 33.3. The van der Waals surface area contributed by atoms with Gasteiger partial charge < -0.3 is 10.1 Å². The van der Waals surface area contributed by atoms with E-state index in [1.54, 1.807) is 12.3 Å². The van der Waals surface area contributed by atoms with E-state index in [4.69, 9.17) is 4.74 Å². The molecule has 0 aliphatic carbocycles. The molecule has 1 aromatic heterocycles. The summed E-state index contributed by atoms with van der Waals surface area (Å²) in [7, 11) is 0. The second kappa shape index (κ2) is 18.8. The largest absolute Gasteiger partial charge is 0.468 e. The van der Waals surface area contributed by atoms with Gasteiger partial charge in [0.1, 0.15) is 11.5 Å². The van der Waals surface area contributed by atoms with Gasteiger partial charge in [0.2, 0.25) is 0 Å². The summed E-state index contributed by atoms with van der Waals surface area (Å²) >= 11 is 0. The van der Waals surface area contributed by atoms with Crippen molar-refractivity contribution in [2.75, 3.05) is 6.54 Å². The Labute approximate surface area is 216 Å². The van der Waals surface area contributed by atoms with E-state index in [0.29, 0.717) is 6.54 Å². The SMILES string of the molecule is CCCCCCCCCCCCCCCCCCNC(=O)c1ccn(COc2ccc(F)cc2F)n1. The Kier molecular flexibility index (Phi) is 15.5. The van der Waals surface area contributed by atoms with Gasteiger partial charge in [0.05, 0.1) is 0 Å². The highest BCUT2D eigenvalue weighted by Gasteiger charge is 2.10. The highest BCUT2D eigenvalue weighted by molar-refractivity contribution is 5.92. The lowest BCUT2D eigenvalue weighted by molar-refractivity contribution is 0.0945. The predicted octanol–water partition coefficient (Wildman–Crippen LogP) is 8.19. The topological polar surface area (TPSA) is 56.2 Å². The first-order valence-corrected chi connectivity index (χ1v) is 14.0. The molecular formula is C29H45F2N3O2. The first kappa shape index (κ1) is 29.8. The lowest BCUT2D eigenvalue weighted by Crippen LogP contribution is -2.25. The van der Waals surface area contributed by atoms with Crippen molar-refractivity contribution in [3.8, 4) is 5.75 Å². The van der Waals surface area contributed by atoms with E-state index in [2.05, 4.69) is 17.3 Å². The first-order chi connectivity index (χ1) is 17.6. The predicted molar refractivity (Wildman–Crippen MR) is 141 cm³/mol. The zero-order valence-corrected chi connectivity index (χ0v) is 22.1. The number of rotatable bonds is 21. The molecule has 1 heterocycles. The van der Waals surface area contributed by atoms with Crippen molar-refractivity contribution in [2.45, 2.75) is 116 Å². The van der Waals surface area contributed by atoms with Crippen LogP contribution in [0.2, 0.25) is 0 Å². The van der Waals surface area contributed by atoms with Crippen LogP contribution in [-0.2, 0) is 6.73 Å². The lowest BCUT2D eigenvalue weighted by atomic mass is 10.0. The van der Waals surface area contributed by atoms with Crippen LogP contribution < -0.4 is 10.1 Å². The average molecular weight is 506 g/mol. The molecule has 5 nitrogen and oxygen atoms in total. The molecule has 0 saturated heterocycles. The number of nitrogens with zero attached hydrogens (tertiary/aromatic N) is 2. The summed E-state index contributed by atoms with van der Waals surface area (Å²) in [5.74, 6) is -1.75. The molecule has 0 unspecified atom stereocenters. The van der Waals surface area contributed by atoms with Crippen molar-refractivity contribution in [3.63, 3.8) is 0 Å². The van der Waals surface area contributed by atoms with E-state index in [-0.39, 0.29) is 24.1 Å². The van der Waals surface area contributed by atoms with E-state index in [1.807, 2.05) is 0 Å². The number of amides is 1. The Balaban J connectivity index is 1.41. The smallest absolute Gasteiger partial charge is 0.271 e. The number of carbonyl (C=O) groups is 1. The minimum absolute atomic E-state index is 0.0681. The Morgan fingerprint density at radius 3 is 1.94 bits per heavy atom. The van der Waals surface area contributed by atoms with E-state index in [9.17, 15) is 13.6 Å². The minimum Gasteiger partial charge on any atom is -0.468 e. The van der Waals surface area contributed by atoms with Crippen LogP contribution in [0.3, 0.4) is 0 Å². The highest BCUT2D eigenvalue weighted by atomic mass is 19.1. The first-order valence-electron chi connectivity index (χ1n) is 14.0. The number of halogens is 2. The number of unbranched alkanes of at least 4 members (excludes halogenated alkanes) is 15. The van der Waals surface area contributed by atoms with E-state index >= 15 is 0 Å². The monoisotopic (exact) mass is 505 g/mol. The van der Waals surface area contributed by atoms with Gasteiger partial charge in [0.25, 0.3) is 5.91 Å². The van der Waals surface area contributed by atoms with Crippen LogP contribution in [0.25, 0.3) is 0 Å². The Morgan fingerprint density at radius 1 is 0.833 bits per heavy atom. The number of benzene rings is 1. The molecule has 0 radical (unpaired) electrons. The highest BCUT2D eigenvalue weighted by Crippen LogP contribution is 2.18. The van der Waals surface area contributed by atoms with Crippen molar-refractivity contribution in [2.24, 2.45) is 0 Å². The average Bonchev–Trinajstić information content (AvgIpc) is 3.34. The molecule has 0 fully saturated rings. The quantitative estimate of drug-likeness (QED) is 0.174. The van der Waals surface area contributed by atoms with Gasteiger partial charge in [-0.25, -0.2) is 13.5 Å². The normalized spacial score (nSPS) is 11.1. The van der Waals surface area contributed by atoms with Gasteiger partial charge in [-0.1, -0.05) is 103 Å². The van der Waals surface area contributed by atoms with Gasteiger partial charge in [-0.05, 0) is 24.6 Å². The molecule has 1 aromatic carbocycles. The third kappa shape index (κ3) is 13.0. The fourth-order valence-electron chi connectivity index (χ4n) is 4.25. The summed E-state index contributed by atoms with van der Waals surface area (Å²) in [4.78, 5) is 12.3. The van der Waals surface area contributed by atoms with E-state index in [0.717, 1.165) is 25.0 Å². The van der Waals surface area contributed by atoms with Gasteiger partial charge in [0.15, 0.2) is 18.3 Å². The fourth-order valence-corrected chi connectivity index (χ4v) is 4.25. The minimum atomic E-state index is -0.779. The van der Waals surface area contributed by atoms with Crippen LogP contribution in [0.15, 0.2) is 30.5 Å². The molecule has 7 heteroatoms. The second-order valence-electron chi connectivity index (χ2n) is 9.65. The molecule has 1 amide bonds. The molecule has 0 bridgehead atoms. The summed E-state index contributed by atoms with van der Waals surface area (Å²) in [6.07, 6.45) is 22.7. The van der Waals surface area contributed by atoms with E-state index < -0.39 is 11.6 Å². The van der Waals surface area contributed by atoms with Crippen LogP contribution in [0.4, 0.5) is 8.78 Å². The Bertz CT molecular complexity index is 857. The lowest BCUT2D eigenvalue weighted by Gasteiger charge is -2.07. The number of nitrogens with one attached hydrogen (secondary N) is 1. The van der Waals surface area contributed by atoms with Crippen molar-refractivity contribution < 1.29 is 18.3 Å². The van der Waals surface area contributed by atoms with Gasteiger partial charge >= 0.3 is 0 Å². The molecule has 0 atom stereocenters. The third-order valence-electron chi connectivity index (χ3n) is 6.44. The molecule has 2 aromatic rings. The van der Waals surface area contributed by atoms with Crippen molar-refractivity contribution in [1.29, 1.82) is 0 Å². The number of aromatic nitrogens is 2. The standard InChI is InChI=1S/C29H45F2N3O2/c1-2-3-4-5-6-7-8-9-10-11-12-13-14-15-16-17-21-32-29(35)27-20-22-34(33-27)24-36-28-19-18-25(30)23-26(28)31/h18-20,22-23H,2-17,21,24H2,1H3,(H,32,35). The van der Waals surface area contributed by atoms with Gasteiger partial charge in [0, 0.05) is 18.8 Å². The van der Waals surface area contributed by atoms with E-state index in [1.165, 1.54) is 101 Å². The summed E-state index contributed by atoms with van der Waals surface area (Å²) in [5, 5.41) is 7.04. The number of hydrogen-bond donors (Lipinski definition) is 1. The maximum atomic E-state index is 13.6. The van der Waals surface area contributed by atoms with Gasteiger partial charge in [-0.2, -0.15) is 5.10 Å². The second-order valence-corrected chi connectivity index (χ2v) is 9.65. The maximum Gasteiger partial charge on any atom is 0.271 e. The number of hydrogen-bond acceptors (Lipinski definition) is 3. The molecule has 0 aliphatic heterocycles. The Hall–Kier alpha value is -2.44. The molecule has 36 heavy (non-hydrogen) atoms. The van der Waals surface area contributed by atoms with Gasteiger partial charge in [-0.15, -0.1) is 0 Å². The Morgan fingerprint density at radius 2 is 1.39 bits per heavy atom. The molecule has 2 rings (SSSR count). The molecular weight excluding hydrogens is 460 g/mol. The molecule has 0 aliphatic rings. The van der Waals surface area contributed by atoms with Crippen LogP contribution in [0, 0.1) is 11.6 Å². The zero-order valence-electron chi connectivity index (χ0n) is 22.1. The number of carbonyl (C=O) groups excluding carboxylic acids is 1. The van der Waals surface area contributed by atoms with Gasteiger partial charge in [-0.3, -0.25) is 4.79 Å². The molecule has 0 saturated carbocycles. The summed E-state index contributed by atoms with van der Waals surface area (Å²) in [6.45, 7) is 2.82. The third-order valence-corrected chi connectivity index (χ3v) is 6.44. The summed E-state index contributed by atoms with van der Waals surface area (Å²) in [6, 6.07) is 4.70. The molecule has 0 spiro atoms. The van der Waals surface area contributed by atoms with Crippen LogP contribution in [0.5, 0.6) is 5.75 Å². The fraction of sp³-hybridized carbons (Fsp3) is 0.655. The summed E-state index contributed by atoms with van der Waals surface area (Å²) in [5.41, 5.74) is 0.287. The van der Waals surface area contributed by atoms with Crippen LogP contribution in [-0.4, -0.2) is 22.2 Å². The van der Waals surface area contributed by atoms with Crippen molar-refractivity contribution >= 4 is 5.91 Å². The van der Waals surface area contributed by atoms with Crippen molar-refractivity contribution in [1.82, 2.24) is 15.1 Å². The molecule has 202 valence electrons. The molecule has 1 N–H and O–H groups in total. The van der Waals surface area contributed by atoms with Crippen LogP contribution in [0.1, 0.15) is 120 Å². The maximum absolute atomic E-state index is 13.6.